The third-order valence-corrected chi connectivity index (χ3v) is 1.65. The minimum atomic E-state index is -0.583. The number of hydrogen-bond acceptors (Lipinski definition) is 4. The summed E-state index contributed by atoms with van der Waals surface area (Å²) in [5.41, 5.74) is 1.07. The number of ether oxygens (including phenoxy) is 1. The SMILES string of the molecule is COC(=O)c1nccc(C)c1C#N. The molecule has 0 unspecified atom stereocenters. The summed E-state index contributed by atoms with van der Waals surface area (Å²) in [6.45, 7) is 1.74. The molecule has 0 atom stereocenters. The first-order valence-electron chi connectivity index (χ1n) is 3.64. The maximum atomic E-state index is 11.1. The van der Waals surface area contributed by atoms with Gasteiger partial charge >= 0.3 is 5.97 Å². The van der Waals surface area contributed by atoms with Crippen LogP contribution in [-0.4, -0.2) is 18.1 Å². The quantitative estimate of drug-likeness (QED) is 0.600. The third-order valence-electron chi connectivity index (χ3n) is 1.65. The number of hydrogen-bond donors (Lipinski definition) is 0. The van der Waals surface area contributed by atoms with Crippen LogP contribution in [0.2, 0.25) is 0 Å². The van der Waals surface area contributed by atoms with Crippen LogP contribution in [0.5, 0.6) is 0 Å². The van der Waals surface area contributed by atoms with Crippen LogP contribution in [0.3, 0.4) is 0 Å². The molecule has 0 aliphatic heterocycles. The normalized spacial score (nSPS) is 9.00. The summed E-state index contributed by atoms with van der Waals surface area (Å²) < 4.78 is 4.48. The molecule has 0 spiro atoms. The van der Waals surface area contributed by atoms with Gasteiger partial charge in [0.2, 0.25) is 0 Å². The highest BCUT2D eigenvalue weighted by molar-refractivity contribution is 5.90. The number of esters is 1. The van der Waals surface area contributed by atoms with E-state index in [0.717, 1.165) is 5.56 Å². The number of nitriles is 1. The smallest absolute Gasteiger partial charge is 0.358 e. The lowest BCUT2D eigenvalue weighted by Crippen LogP contribution is -2.07. The number of aryl methyl sites for hydroxylation is 1. The second-order valence-corrected chi connectivity index (χ2v) is 2.45. The molecule has 0 aromatic carbocycles. The van der Waals surface area contributed by atoms with E-state index in [-0.39, 0.29) is 11.3 Å². The van der Waals surface area contributed by atoms with E-state index in [2.05, 4.69) is 9.72 Å². The number of pyridine rings is 1. The zero-order valence-electron chi connectivity index (χ0n) is 7.37. The van der Waals surface area contributed by atoms with Crippen molar-refractivity contribution in [3.63, 3.8) is 0 Å². The van der Waals surface area contributed by atoms with Crippen LogP contribution in [0.4, 0.5) is 0 Å². The summed E-state index contributed by atoms with van der Waals surface area (Å²) >= 11 is 0. The number of methoxy groups -OCH3 is 1. The number of carbonyl (C=O) groups is 1. The Morgan fingerprint density at radius 3 is 2.92 bits per heavy atom. The molecule has 1 aromatic rings. The molecule has 0 N–H and O–H groups in total. The minimum absolute atomic E-state index is 0.0741. The van der Waals surface area contributed by atoms with Crippen LogP contribution in [0.15, 0.2) is 12.3 Å². The van der Waals surface area contributed by atoms with E-state index < -0.39 is 5.97 Å². The maximum Gasteiger partial charge on any atom is 0.358 e. The fraction of sp³-hybridized carbons (Fsp3) is 0.222. The van der Waals surface area contributed by atoms with Gasteiger partial charge in [0, 0.05) is 6.20 Å². The van der Waals surface area contributed by atoms with Gasteiger partial charge in [-0.3, -0.25) is 0 Å². The summed E-state index contributed by atoms with van der Waals surface area (Å²) in [6.07, 6.45) is 1.47. The summed E-state index contributed by atoms with van der Waals surface area (Å²) in [6, 6.07) is 3.59. The van der Waals surface area contributed by atoms with Crippen molar-refractivity contribution in [3.05, 3.63) is 29.1 Å². The molecule has 1 aromatic heterocycles. The number of rotatable bonds is 1. The van der Waals surface area contributed by atoms with Gasteiger partial charge in [-0.25, -0.2) is 9.78 Å². The molecule has 4 nitrogen and oxygen atoms in total. The van der Waals surface area contributed by atoms with Crippen LogP contribution in [-0.2, 0) is 4.74 Å². The van der Waals surface area contributed by atoms with Crippen molar-refractivity contribution in [2.24, 2.45) is 0 Å². The Hall–Kier alpha value is -1.89. The fourth-order valence-corrected chi connectivity index (χ4v) is 0.951. The molecule has 0 saturated carbocycles. The second kappa shape index (κ2) is 3.68. The lowest BCUT2D eigenvalue weighted by atomic mass is 10.1. The Bertz CT molecular complexity index is 380. The molecule has 0 bridgehead atoms. The lowest BCUT2D eigenvalue weighted by molar-refractivity contribution is 0.0593. The highest BCUT2D eigenvalue weighted by atomic mass is 16.5. The monoisotopic (exact) mass is 176 g/mol. The Labute approximate surface area is 75.8 Å². The summed E-state index contributed by atoms with van der Waals surface area (Å²) in [5, 5.41) is 8.75. The first-order valence-corrected chi connectivity index (χ1v) is 3.64. The van der Waals surface area contributed by atoms with Gasteiger partial charge in [0.05, 0.1) is 12.7 Å². The number of carbonyl (C=O) groups excluding carboxylic acids is 1. The predicted octanol–water partition coefficient (Wildman–Crippen LogP) is 1.05. The van der Waals surface area contributed by atoms with Gasteiger partial charge in [0.1, 0.15) is 6.07 Å². The molecular weight excluding hydrogens is 168 g/mol. The standard InChI is InChI=1S/C9H8N2O2/c1-6-3-4-11-8(7(6)5-10)9(12)13-2/h3-4H,1-2H3. The number of aromatic nitrogens is 1. The topological polar surface area (TPSA) is 63.0 Å². The Kier molecular flexibility index (Phi) is 2.60. The summed E-state index contributed by atoms with van der Waals surface area (Å²) in [4.78, 5) is 14.9. The predicted molar refractivity (Wildman–Crippen MR) is 45.0 cm³/mol. The van der Waals surface area contributed by atoms with E-state index in [1.54, 1.807) is 13.0 Å². The molecule has 66 valence electrons. The van der Waals surface area contributed by atoms with Crippen molar-refractivity contribution < 1.29 is 9.53 Å². The van der Waals surface area contributed by atoms with Gasteiger partial charge in [-0.1, -0.05) is 0 Å². The second-order valence-electron chi connectivity index (χ2n) is 2.45. The van der Waals surface area contributed by atoms with Crippen LogP contribution in [0.1, 0.15) is 21.6 Å². The van der Waals surface area contributed by atoms with Gasteiger partial charge in [-0.05, 0) is 18.6 Å². The molecule has 0 fully saturated rings. The Morgan fingerprint density at radius 1 is 1.69 bits per heavy atom. The van der Waals surface area contributed by atoms with E-state index >= 15 is 0 Å². The third kappa shape index (κ3) is 1.64. The highest BCUT2D eigenvalue weighted by Crippen LogP contribution is 2.10. The van der Waals surface area contributed by atoms with Crippen LogP contribution in [0, 0.1) is 18.3 Å². The minimum Gasteiger partial charge on any atom is -0.464 e. The average Bonchev–Trinajstić information content (AvgIpc) is 2.16. The first kappa shape index (κ1) is 9.20. The summed E-state index contributed by atoms with van der Waals surface area (Å²) in [7, 11) is 1.26. The lowest BCUT2D eigenvalue weighted by Gasteiger charge is -2.01. The van der Waals surface area contributed by atoms with E-state index in [1.165, 1.54) is 13.3 Å². The van der Waals surface area contributed by atoms with Crippen LogP contribution < -0.4 is 0 Å². The van der Waals surface area contributed by atoms with Gasteiger partial charge in [0.15, 0.2) is 5.69 Å². The molecule has 0 radical (unpaired) electrons. The van der Waals surface area contributed by atoms with Crippen molar-refractivity contribution in [2.75, 3.05) is 7.11 Å². The van der Waals surface area contributed by atoms with E-state index in [9.17, 15) is 4.79 Å². The van der Waals surface area contributed by atoms with Crippen molar-refractivity contribution in [3.8, 4) is 6.07 Å². The molecule has 1 rings (SSSR count). The van der Waals surface area contributed by atoms with Gasteiger partial charge in [0.25, 0.3) is 0 Å². The van der Waals surface area contributed by atoms with Crippen molar-refractivity contribution in [1.82, 2.24) is 4.98 Å². The zero-order chi connectivity index (χ0) is 9.84. The molecule has 1 heterocycles. The molecule has 4 heteroatoms. The van der Waals surface area contributed by atoms with Gasteiger partial charge < -0.3 is 4.74 Å². The molecule has 13 heavy (non-hydrogen) atoms. The van der Waals surface area contributed by atoms with Gasteiger partial charge in [-0.2, -0.15) is 5.26 Å². The molecule has 0 aliphatic rings. The van der Waals surface area contributed by atoms with Crippen molar-refractivity contribution >= 4 is 5.97 Å². The zero-order valence-corrected chi connectivity index (χ0v) is 7.37. The molecular formula is C9H8N2O2. The van der Waals surface area contributed by atoms with E-state index in [0.29, 0.717) is 0 Å². The fourth-order valence-electron chi connectivity index (χ4n) is 0.951. The maximum absolute atomic E-state index is 11.1. The number of nitrogens with zero attached hydrogens (tertiary/aromatic N) is 2. The first-order chi connectivity index (χ1) is 6.20. The molecule has 0 amide bonds. The van der Waals surface area contributed by atoms with E-state index in [4.69, 9.17) is 5.26 Å². The highest BCUT2D eigenvalue weighted by Gasteiger charge is 2.14. The molecule has 0 aliphatic carbocycles. The van der Waals surface area contributed by atoms with Crippen LogP contribution in [0.25, 0.3) is 0 Å². The Morgan fingerprint density at radius 2 is 2.38 bits per heavy atom. The van der Waals surface area contributed by atoms with Crippen molar-refractivity contribution in [2.45, 2.75) is 6.92 Å². The van der Waals surface area contributed by atoms with Crippen LogP contribution >= 0.6 is 0 Å². The van der Waals surface area contributed by atoms with Gasteiger partial charge in [-0.15, -0.1) is 0 Å². The van der Waals surface area contributed by atoms with E-state index in [1.807, 2.05) is 6.07 Å². The Balaban J connectivity index is 3.30. The average molecular weight is 176 g/mol. The summed E-state index contributed by atoms with van der Waals surface area (Å²) in [5.74, 6) is -0.583. The largest absolute Gasteiger partial charge is 0.464 e. The van der Waals surface area contributed by atoms with Crippen molar-refractivity contribution in [1.29, 1.82) is 5.26 Å². The molecule has 0 saturated heterocycles.